The van der Waals surface area contributed by atoms with E-state index in [4.69, 9.17) is 0 Å². The van der Waals surface area contributed by atoms with Crippen molar-refractivity contribution < 1.29 is 8.42 Å². The van der Waals surface area contributed by atoms with Gasteiger partial charge in [-0.15, -0.1) is 0 Å². The van der Waals surface area contributed by atoms with Gasteiger partial charge >= 0.3 is 0 Å². The molecule has 0 saturated heterocycles. The van der Waals surface area contributed by atoms with Crippen molar-refractivity contribution in [2.24, 2.45) is 0 Å². The molecule has 0 amide bonds. The van der Waals surface area contributed by atoms with Crippen molar-refractivity contribution in [1.82, 2.24) is 5.32 Å². The Morgan fingerprint density at radius 2 is 1.80 bits per heavy atom. The van der Waals surface area contributed by atoms with Crippen LogP contribution in [0.15, 0.2) is 0 Å². The van der Waals surface area contributed by atoms with Crippen molar-refractivity contribution in [3.8, 4) is 0 Å². The minimum atomic E-state index is -2.76. The molecule has 0 aliphatic rings. The van der Waals surface area contributed by atoms with Crippen molar-refractivity contribution in [2.75, 3.05) is 18.6 Å². The third-order valence-electron chi connectivity index (χ3n) is 2.74. The van der Waals surface area contributed by atoms with Gasteiger partial charge in [-0.05, 0) is 26.3 Å². The van der Waals surface area contributed by atoms with Gasteiger partial charge in [0.05, 0.1) is 5.75 Å². The molecule has 0 bridgehead atoms. The average Bonchev–Trinajstić information content (AvgIpc) is 2.22. The van der Waals surface area contributed by atoms with E-state index in [0.29, 0.717) is 11.8 Å². The lowest BCUT2D eigenvalue weighted by molar-refractivity contribution is 0.466. The van der Waals surface area contributed by atoms with Gasteiger partial charge in [-0.25, -0.2) is 8.42 Å². The molecule has 0 aromatic carbocycles. The summed E-state index contributed by atoms with van der Waals surface area (Å²) >= 11 is 0. The number of nitrogens with one attached hydrogen (secondary N) is 1. The quantitative estimate of drug-likeness (QED) is 0.622. The Morgan fingerprint density at radius 1 is 1.13 bits per heavy atom. The molecule has 0 aliphatic carbocycles. The van der Waals surface area contributed by atoms with Crippen LogP contribution in [0.3, 0.4) is 0 Å². The molecule has 0 aromatic heterocycles. The largest absolute Gasteiger partial charge is 0.317 e. The highest BCUT2D eigenvalue weighted by atomic mass is 32.2. The van der Waals surface area contributed by atoms with Gasteiger partial charge in [0.1, 0.15) is 9.84 Å². The van der Waals surface area contributed by atoms with Crippen LogP contribution in [-0.2, 0) is 9.84 Å². The molecule has 15 heavy (non-hydrogen) atoms. The molecule has 1 atom stereocenters. The predicted octanol–water partition coefficient (Wildman–Crippen LogP) is 1.98. The van der Waals surface area contributed by atoms with Gasteiger partial charge < -0.3 is 5.32 Å². The van der Waals surface area contributed by atoms with E-state index in [1.165, 1.54) is 12.8 Å². The highest BCUT2D eigenvalue weighted by molar-refractivity contribution is 7.91. The fourth-order valence-corrected chi connectivity index (χ4v) is 2.57. The van der Waals surface area contributed by atoms with Crippen molar-refractivity contribution >= 4 is 9.84 Å². The Balaban J connectivity index is 3.61. The summed E-state index contributed by atoms with van der Waals surface area (Å²) in [6.45, 7) is 3.88. The van der Waals surface area contributed by atoms with Crippen molar-refractivity contribution in [2.45, 2.75) is 52.0 Å². The smallest absolute Gasteiger partial charge is 0.150 e. The van der Waals surface area contributed by atoms with E-state index in [9.17, 15) is 8.42 Å². The molecule has 0 spiro atoms. The molecule has 0 fully saturated rings. The van der Waals surface area contributed by atoms with Gasteiger partial charge in [-0.1, -0.05) is 26.7 Å². The molecule has 0 aromatic rings. The minimum absolute atomic E-state index is 0.275. The molecule has 0 aliphatic heterocycles. The molecule has 0 heterocycles. The second kappa shape index (κ2) is 8.11. The number of hydrogen-bond donors (Lipinski definition) is 1. The zero-order chi connectivity index (χ0) is 11.7. The molecule has 0 radical (unpaired) electrons. The first kappa shape index (κ1) is 14.9. The first-order valence-electron chi connectivity index (χ1n) is 5.93. The van der Waals surface area contributed by atoms with Crippen molar-refractivity contribution in [3.05, 3.63) is 0 Å². The topological polar surface area (TPSA) is 46.2 Å². The highest BCUT2D eigenvalue weighted by Crippen LogP contribution is 2.07. The van der Waals surface area contributed by atoms with Crippen LogP contribution >= 0.6 is 0 Å². The summed E-state index contributed by atoms with van der Waals surface area (Å²) in [6.07, 6.45) is 5.25. The zero-order valence-electron chi connectivity index (χ0n) is 10.3. The Labute approximate surface area is 94.6 Å². The van der Waals surface area contributed by atoms with Gasteiger partial charge in [0.15, 0.2) is 0 Å². The molecule has 4 heteroatoms. The lowest BCUT2D eigenvalue weighted by Crippen LogP contribution is -2.24. The number of sulfone groups is 1. The van der Waals surface area contributed by atoms with Crippen LogP contribution in [-0.4, -0.2) is 33.0 Å². The second-order valence-corrected chi connectivity index (χ2v) is 6.48. The van der Waals surface area contributed by atoms with E-state index >= 15 is 0 Å². The number of unbranched alkanes of at least 4 members (excludes halogenated alkanes) is 1. The first-order chi connectivity index (χ1) is 7.05. The van der Waals surface area contributed by atoms with Crippen LogP contribution in [0, 0.1) is 0 Å². The molecule has 1 N–H and O–H groups in total. The maximum Gasteiger partial charge on any atom is 0.150 e. The molecule has 0 saturated carbocycles. The van der Waals surface area contributed by atoms with Crippen LogP contribution in [0.25, 0.3) is 0 Å². The lowest BCUT2D eigenvalue weighted by atomic mass is 10.1. The third-order valence-corrected chi connectivity index (χ3v) is 4.53. The van der Waals surface area contributed by atoms with Gasteiger partial charge in [0.2, 0.25) is 0 Å². The molecule has 92 valence electrons. The normalized spacial score (nSPS) is 14.1. The molecule has 1 unspecified atom stereocenters. The molecular formula is C11H25NO2S. The fourth-order valence-electron chi connectivity index (χ4n) is 1.64. The Kier molecular flexibility index (Phi) is 8.06. The summed E-state index contributed by atoms with van der Waals surface area (Å²) < 4.78 is 22.4. The van der Waals surface area contributed by atoms with Gasteiger partial charge in [0, 0.05) is 11.8 Å². The number of rotatable bonds is 9. The Hall–Kier alpha value is -0.0900. The first-order valence-corrected chi connectivity index (χ1v) is 7.75. The summed E-state index contributed by atoms with van der Waals surface area (Å²) in [4.78, 5) is 0. The van der Waals surface area contributed by atoms with Gasteiger partial charge in [-0.2, -0.15) is 0 Å². The third kappa shape index (κ3) is 7.79. The predicted molar refractivity (Wildman–Crippen MR) is 65.9 cm³/mol. The summed E-state index contributed by atoms with van der Waals surface area (Å²) in [5.74, 6) is 0.628. The van der Waals surface area contributed by atoms with E-state index in [-0.39, 0.29) is 5.75 Å². The standard InChI is InChI=1S/C11H25NO2S/c1-4-8-11(12-3)9-6-7-10-15(13,14)5-2/h11-12H,4-10H2,1-3H3. The lowest BCUT2D eigenvalue weighted by Gasteiger charge is -2.14. The van der Waals surface area contributed by atoms with E-state index in [1.54, 1.807) is 6.92 Å². The Bertz CT molecular complexity index is 237. The van der Waals surface area contributed by atoms with E-state index < -0.39 is 9.84 Å². The zero-order valence-corrected chi connectivity index (χ0v) is 11.1. The van der Waals surface area contributed by atoms with E-state index in [1.807, 2.05) is 7.05 Å². The van der Waals surface area contributed by atoms with Gasteiger partial charge in [-0.3, -0.25) is 0 Å². The maximum atomic E-state index is 11.2. The summed E-state index contributed by atoms with van der Waals surface area (Å²) in [7, 11) is -0.782. The minimum Gasteiger partial charge on any atom is -0.317 e. The summed E-state index contributed by atoms with van der Waals surface area (Å²) in [5.41, 5.74) is 0. The Morgan fingerprint density at radius 3 is 2.27 bits per heavy atom. The molecule has 0 rings (SSSR count). The van der Waals surface area contributed by atoms with Crippen LogP contribution in [0.5, 0.6) is 0 Å². The van der Waals surface area contributed by atoms with E-state index in [0.717, 1.165) is 19.3 Å². The second-order valence-electron chi connectivity index (χ2n) is 4.01. The van der Waals surface area contributed by atoms with Crippen molar-refractivity contribution in [3.63, 3.8) is 0 Å². The number of hydrogen-bond acceptors (Lipinski definition) is 3. The van der Waals surface area contributed by atoms with Gasteiger partial charge in [0.25, 0.3) is 0 Å². The van der Waals surface area contributed by atoms with Crippen molar-refractivity contribution in [1.29, 1.82) is 0 Å². The summed E-state index contributed by atoms with van der Waals surface area (Å²) in [5, 5.41) is 3.27. The monoisotopic (exact) mass is 235 g/mol. The van der Waals surface area contributed by atoms with Crippen LogP contribution in [0.4, 0.5) is 0 Å². The van der Waals surface area contributed by atoms with E-state index in [2.05, 4.69) is 12.2 Å². The highest BCUT2D eigenvalue weighted by Gasteiger charge is 2.08. The summed E-state index contributed by atoms with van der Waals surface area (Å²) in [6, 6.07) is 0.555. The van der Waals surface area contributed by atoms with Crippen LogP contribution in [0.1, 0.15) is 46.0 Å². The molecule has 3 nitrogen and oxygen atoms in total. The average molecular weight is 235 g/mol. The van der Waals surface area contributed by atoms with Crippen LogP contribution < -0.4 is 5.32 Å². The van der Waals surface area contributed by atoms with Crippen LogP contribution in [0.2, 0.25) is 0 Å². The fraction of sp³-hybridized carbons (Fsp3) is 1.00. The SMILES string of the molecule is CCCC(CCCCS(=O)(=O)CC)NC. The maximum absolute atomic E-state index is 11.2. The molecular weight excluding hydrogens is 210 g/mol.